The van der Waals surface area contributed by atoms with Crippen molar-refractivity contribution in [1.82, 2.24) is 19.9 Å². The average Bonchev–Trinajstić information content (AvgIpc) is 2.42. The zero-order valence-electron chi connectivity index (χ0n) is 7.54. The maximum Gasteiger partial charge on any atom is 0.226 e. The van der Waals surface area contributed by atoms with Gasteiger partial charge in [0.05, 0.1) is 0 Å². The number of imidazole rings is 1. The minimum atomic E-state index is 0.195. The van der Waals surface area contributed by atoms with Crippen LogP contribution >= 0.6 is 27.5 Å². The monoisotopic (exact) mass is 275 g/mol. The zero-order valence-corrected chi connectivity index (χ0v) is 9.89. The Morgan fingerprint density at radius 2 is 2.00 bits per heavy atom. The van der Waals surface area contributed by atoms with E-state index >= 15 is 0 Å². The van der Waals surface area contributed by atoms with Gasteiger partial charge in [-0.05, 0) is 27.5 Å². The molecule has 0 saturated carbocycles. The third-order valence-electron chi connectivity index (χ3n) is 1.70. The van der Waals surface area contributed by atoms with Crippen LogP contribution in [-0.2, 0) is 0 Å². The summed E-state index contributed by atoms with van der Waals surface area (Å²) in [6.07, 6.45) is 0. The van der Waals surface area contributed by atoms with Crippen molar-refractivity contribution in [3.63, 3.8) is 0 Å². The van der Waals surface area contributed by atoms with Crippen LogP contribution in [0, 0.1) is 0 Å². The van der Waals surface area contributed by atoms with Crippen molar-refractivity contribution in [3.05, 3.63) is 10.0 Å². The van der Waals surface area contributed by atoms with Gasteiger partial charge in [-0.3, -0.25) is 0 Å². The summed E-state index contributed by atoms with van der Waals surface area (Å²) in [6.45, 7) is 0. The Morgan fingerprint density at radius 1 is 1.29 bits per heavy atom. The van der Waals surface area contributed by atoms with E-state index in [-0.39, 0.29) is 5.28 Å². The topological polar surface area (TPSA) is 57.7 Å². The van der Waals surface area contributed by atoms with Gasteiger partial charge in [0.15, 0.2) is 16.2 Å². The molecule has 2 rings (SSSR count). The zero-order chi connectivity index (χ0) is 10.3. The number of anilines is 1. The number of aromatic nitrogens is 4. The maximum absolute atomic E-state index is 5.76. The largest absolute Gasteiger partial charge is 0.361 e. The lowest BCUT2D eigenvalue weighted by Crippen LogP contribution is -2.11. The minimum Gasteiger partial charge on any atom is -0.361 e. The molecule has 0 saturated heterocycles. The first kappa shape index (κ1) is 9.67. The highest BCUT2D eigenvalue weighted by molar-refractivity contribution is 9.10. The highest BCUT2D eigenvalue weighted by Crippen LogP contribution is 2.23. The fourth-order valence-electron chi connectivity index (χ4n) is 1.15. The van der Waals surface area contributed by atoms with Crippen LogP contribution in [0.15, 0.2) is 4.73 Å². The molecule has 0 aromatic carbocycles. The summed E-state index contributed by atoms with van der Waals surface area (Å²) in [5.41, 5.74) is 1.33. The Labute approximate surface area is 93.6 Å². The molecule has 14 heavy (non-hydrogen) atoms. The van der Waals surface area contributed by atoms with Gasteiger partial charge in [0.25, 0.3) is 0 Å². The summed E-state index contributed by atoms with van der Waals surface area (Å²) in [7, 11) is 3.76. The lowest BCUT2D eigenvalue weighted by atomic mass is 10.5. The molecule has 0 fully saturated rings. The van der Waals surface area contributed by atoms with Gasteiger partial charge in [-0.25, -0.2) is 4.98 Å². The van der Waals surface area contributed by atoms with E-state index in [2.05, 4.69) is 35.9 Å². The number of hydrogen-bond acceptors (Lipinski definition) is 4. The minimum absolute atomic E-state index is 0.195. The molecule has 0 radical (unpaired) electrons. The molecule has 0 unspecified atom stereocenters. The normalized spacial score (nSPS) is 10.9. The second kappa shape index (κ2) is 3.36. The predicted octanol–water partition coefficient (Wildman–Crippen LogP) is 1.83. The molecule has 74 valence electrons. The molecule has 0 atom stereocenters. The molecule has 2 heterocycles. The van der Waals surface area contributed by atoms with Crippen molar-refractivity contribution in [2.75, 3.05) is 19.0 Å². The van der Waals surface area contributed by atoms with Crippen LogP contribution in [0.2, 0.25) is 5.28 Å². The number of H-pyrrole nitrogens is 1. The molecule has 2 aromatic rings. The van der Waals surface area contributed by atoms with E-state index in [4.69, 9.17) is 11.6 Å². The average molecular weight is 277 g/mol. The smallest absolute Gasteiger partial charge is 0.226 e. The van der Waals surface area contributed by atoms with E-state index in [1.165, 1.54) is 0 Å². The molecule has 0 spiro atoms. The summed E-state index contributed by atoms with van der Waals surface area (Å²) in [4.78, 5) is 17.1. The maximum atomic E-state index is 5.76. The number of rotatable bonds is 1. The number of nitrogens with zero attached hydrogens (tertiary/aromatic N) is 4. The van der Waals surface area contributed by atoms with Gasteiger partial charge in [-0.1, -0.05) is 0 Å². The highest BCUT2D eigenvalue weighted by atomic mass is 79.9. The Bertz CT molecular complexity index is 480. The second-order valence-electron chi connectivity index (χ2n) is 2.94. The van der Waals surface area contributed by atoms with Crippen molar-refractivity contribution in [2.24, 2.45) is 0 Å². The lowest BCUT2D eigenvalue weighted by molar-refractivity contribution is 1.06. The van der Waals surface area contributed by atoms with Crippen LogP contribution in [0.25, 0.3) is 11.2 Å². The van der Waals surface area contributed by atoms with E-state index in [9.17, 15) is 0 Å². The molecule has 0 aliphatic carbocycles. The van der Waals surface area contributed by atoms with Gasteiger partial charge < -0.3 is 9.88 Å². The molecule has 0 aliphatic heterocycles. The summed E-state index contributed by atoms with van der Waals surface area (Å²) in [5, 5.41) is 0.195. The molecule has 5 nitrogen and oxygen atoms in total. The van der Waals surface area contributed by atoms with Gasteiger partial charge in [0.2, 0.25) is 5.28 Å². The highest BCUT2D eigenvalue weighted by Gasteiger charge is 2.11. The first-order chi connectivity index (χ1) is 6.58. The SMILES string of the molecule is CN(C)c1nc(Cl)nc2nc(Br)[nH]c12. The summed E-state index contributed by atoms with van der Waals surface area (Å²) in [5.74, 6) is 0.721. The molecule has 0 amide bonds. The molecule has 7 heteroatoms. The molecular formula is C7H7BrClN5. The van der Waals surface area contributed by atoms with Crippen LogP contribution in [0.1, 0.15) is 0 Å². The summed E-state index contributed by atoms with van der Waals surface area (Å²) >= 11 is 9.00. The number of aromatic amines is 1. The van der Waals surface area contributed by atoms with Gasteiger partial charge >= 0.3 is 0 Å². The predicted molar refractivity (Wildman–Crippen MR) is 58.7 cm³/mol. The van der Waals surface area contributed by atoms with Crippen LogP contribution < -0.4 is 4.90 Å². The van der Waals surface area contributed by atoms with Crippen molar-refractivity contribution in [1.29, 1.82) is 0 Å². The van der Waals surface area contributed by atoms with Crippen molar-refractivity contribution in [3.8, 4) is 0 Å². The Hall–Kier alpha value is -0.880. The van der Waals surface area contributed by atoms with Crippen LogP contribution in [-0.4, -0.2) is 34.0 Å². The van der Waals surface area contributed by atoms with Gasteiger partial charge in [0.1, 0.15) is 5.52 Å². The van der Waals surface area contributed by atoms with Crippen LogP contribution in [0.3, 0.4) is 0 Å². The third kappa shape index (κ3) is 1.55. The first-order valence-electron chi connectivity index (χ1n) is 3.84. The fraction of sp³-hybridized carbons (Fsp3) is 0.286. The van der Waals surface area contributed by atoms with E-state index < -0.39 is 0 Å². The Morgan fingerprint density at radius 3 is 2.64 bits per heavy atom. The van der Waals surface area contributed by atoms with Crippen molar-refractivity contribution < 1.29 is 0 Å². The molecule has 1 N–H and O–H groups in total. The van der Waals surface area contributed by atoms with Gasteiger partial charge in [0, 0.05) is 14.1 Å². The van der Waals surface area contributed by atoms with Gasteiger partial charge in [-0.15, -0.1) is 0 Å². The third-order valence-corrected chi connectivity index (χ3v) is 2.24. The first-order valence-corrected chi connectivity index (χ1v) is 5.01. The van der Waals surface area contributed by atoms with Crippen molar-refractivity contribution in [2.45, 2.75) is 0 Å². The fourth-order valence-corrected chi connectivity index (χ4v) is 1.68. The summed E-state index contributed by atoms with van der Waals surface area (Å²) in [6, 6.07) is 0. The van der Waals surface area contributed by atoms with E-state index in [1.807, 2.05) is 19.0 Å². The van der Waals surface area contributed by atoms with Crippen molar-refractivity contribution >= 4 is 44.5 Å². The Kier molecular flexibility index (Phi) is 2.32. The number of hydrogen-bond donors (Lipinski definition) is 1. The Balaban J connectivity index is 2.79. The van der Waals surface area contributed by atoms with Gasteiger partial charge in [-0.2, -0.15) is 9.97 Å². The number of nitrogens with one attached hydrogen (secondary N) is 1. The van der Waals surface area contributed by atoms with E-state index in [0.717, 1.165) is 11.3 Å². The van der Waals surface area contributed by atoms with Crippen LogP contribution in [0.4, 0.5) is 5.82 Å². The molecular weight excluding hydrogens is 269 g/mol. The van der Waals surface area contributed by atoms with E-state index in [1.54, 1.807) is 0 Å². The lowest BCUT2D eigenvalue weighted by Gasteiger charge is -2.10. The second-order valence-corrected chi connectivity index (χ2v) is 4.03. The number of halogens is 2. The molecule has 0 bridgehead atoms. The number of fused-ring (bicyclic) bond motifs is 1. The molecule has 2 aromatic heterocycles. The van der Waals surface area contributed by atoms with E-state index in [0.29, 0.717) is 10.4 Å². The quantitative estimate of drug-likeness (QED) is 0.638. The van der Waals surface area contributed by atoms with Crippen LogP contribution in [0.5, 0.6) is 0 Å². The summed E-state index contributed by atoms with van der Waals surface area (Å²) < 4.78 is 0.618. The molecule has 0 aliphatic rings. The standard InChI is InChI=1S/C7H7BrClN5/c1-14(2)5-3-4(11-6(8)10-3)12-7(9)13-5/h1-2H3,(H,10,11,12,13).